The smallest absolute Gasteiger partial charge is 0.0227 e. The van der Waals surface area contributed by atoms with Crippen molar-refractivity contribution in [1.29, 1.82) is 0 Å². The highest BCUT2D eigenvalue weighted by atomic mass is 28.2. The van der Waals surface area contributed by atoms with Gasteiger partial charge in [-0.15, -0.1) is 0 Å². The van der Waals surface area contributed by atoms with Gasteiger partial charge >= 0.3 is 0 Å². The van der Waals surface area contributed by atoms with E-state index in [1.54, 1.807) is 0 Å². The van der Waals surface area contributed by atoms with Gasteiger partial charge in [0.25, 0.3) is 0 Å². The third-order valence-electron chi connectivity index (χ3n) is 2.30. The van der Waals surface area contributed by atoms with Crippen molar-refractivity contribution < 1.29 is 0 Å². The molecule has 10 heavy (non-hydrogen) atoms. The Balaban J connectivity index is 2.39. The molecule has 0 aromatic rings. The van der Waals surface area contributed by atoms with Crippen LogP contribution in [0.3, 0.4) is 0 Å². The molecule has 1 rings (SSSR count). The summed E-state index contributed by atoms with van der Waals surface area (Å²) in [5, 5.41) is 0. The maximum absolute atomic E-state index is 2.61. The van der Waals surface area contributed by atoms with Crippen molar-refractivity contribution in [1.82, 2.24) is 4.90 Å². The molecule has 0 aliphatic carbocycles. The van der Waals surface area contributed by atoms with Crippen molar-refractivity contribution in [2.24, 2.45) is 0 Å². The summed E-state index contributed by atoms with van der Waals surface area (Å²) in [6.07, 6.45) is 0. The topological polar surface area (TPSA) is 3.24 Å². The first-order chi connectivity index (χ1) is 4.61. The number of rotatable bonds is 0. The standard InChI is InChI=1S/C8H19NSi/c1-8(2,3)9-4-6-10-7-5-9/h4-7,10H2,1-3H3. The molecule has 2 heteroatoms. The second-order valence-corrected chi connectivity index (χ2v) is 6.34. The average molecular weight is 157 g/mol. The predicted molar refractivity (Wildman–Crippen MR) is 49.5 cm³/mol. The van der Waals surface area contributed by atoms with E-state index in [1.807, 2.05) is 0 Å². The molecule has 1 fully saturated rings. The number of nitrogens with zero attached hydrogens (tertiary/aromatic N) is 1. The van der Waals surface area contributed by atoms with Crippen molar-refractivity contribution in [3.8, 4) is 0 Å². The zero-order chi connectivity index (χ0) is 7.61. The van der Waals surface area contributed by atoms with Crippen molar-refractivity contribution in [3.05, 3.63) is 0 Å². The molecule has 60 valence electrons. The normalized spacial score (nSPS) is 23.1. The lowest BCUT2D eigenvalue weighted by molar-refractivity contribution is 0.148. The van der Waals surface area contributed by atoms with Gasteiger partial charge in [0.2, 0.25) is 0 Å². The van der Waals surface area contributed by atoms with Crippen LogP contribution in [-0.4, -0.2) is 33.0 Å². The molecule has 1 nitrogen and oxygen atoms in total. The summed E-state index contributed by atoms with van der Waals surface area (Å²) in [6.45, 7) is 9.70. The molecule has 1 saturated heterocycles. The highest BCUT2D eigenvalue weighted by Gasteiger charge is 2.22. The molecule has 0 radical (unpaired) electrons. The monoisotopic (exact) mass is 157 g/mol. The first-order valence-corrected chi connectivity index (χ1v) is 6.36. The molecule has 0 aromatic heterocycles. The summed E-state index contributed by atoms with van der Waals surface area (Å²) in [4.78, 5) is 2.61. The van der Waals surface area contributed by atoms with E-state index in [-0.39, 0.29) is 0 Å². The Morgan fingerprint density at radius 3 is 1.90 bits per heavy atom. The summed E-state index contributed by atoms with van der Waals surface area (Å²) in [7, 11) is 0.377. The van der Waals surface area contributed by atoms with Crippen LogP contribution in [0.1, 0.15) is 20.8 Å². The van der Waals surface area contributed by atoms with Gasteiger partial charge in [-0.1, -0.05) is 12.1 Å². The summed E-state index contributed by atoms with van der Waals surface area (Å²) >= 11 is 0. The van der Waals surface area contributed by atoms with Crippen LogP contribution in [0.2, 0.25) is 12.1 Å². The Labute approximate surface area is 66.6 Å². The lowest BCUT2D eigenvalue weighted by Crippen LogP contribution is -2.45. The summed E-state index contributed by atoms with van der Waals surface area (Å²) in [5.41, 5.74) is 0.425. The molecule has 0 aromatic carbocycles. The van der Waals surface area contributed by atoms with Gasteiger partial charge < -0.3 is 0 Å². The first kappa shape index (κ1) is 8.28. The zero-order valence-electron chi connectivity index (χ0n) is 7.48. The van der Waals surface area contributed by atoms with E-state index >= 15 is 0 Å². The summed E-state index contributed by atoms with van der Waals surface area (Å²) in [6, 6.07) is 3.08. The molecule has 0 amide bonds. The van der Waals surface area contributed by atoms with Crippen LogP contribution in [0.25, 0.3) is 0 Å². The van der Waals surface area contributed by atoms with Crippen molar-refractivity contribution in [2.75, 3.05) is 13.1 Å². The van der Waals surface area contributed by atoms with Gasteiger partial charge in [0.1, 0.15) is 0 Å². The quantitative estimate of drug-likeness (QED) is 0.476. The van der Waals surface area contributed by atoms with Gasteiger partial charge in [-0.2, -0.15) is 0 Å². The summed E-state index contributed by atoms with van der Waals surface area (Å²) < 4.78 is 0. The Morgan fingerprint density at radius 1 is 1.10 bits per heavy atom. The van der Waals surface area contributed by atoms with Crippen LogP contribution in [0.15, 0.2) is 0 Å². The highest BCUT2D eigenvalue weighted by Crippen LogP contribution is 2.16. The second-order valence-electron chi connectivity index (χ2n) is 4.22. The molecular weight excluding hydrogens is 138 g/mol. The van der Waals surface area contributed by atoms with E-state index in [9.17, 15) is 0 Å². The highest BCUT2D eigenvalue weighted by molar-refractivity contribution is 6.35. The van der Waals surface area contributed by atoms with Crippen LogP contribution >= 0.6 is 0 Å². The SMILES string of the molecule is CC(C)(C)N1CC[SiH2]CC1. The van der Waals surface area contributed by atoms with Gasteiger partial charge in [0.15, 0.2) is 0 Å². The fourth-order valence-electron chi connectivity index (χ4n) is 1.56. The second kappa shape index (κ2) is 3.05. The lowest BCUT2D eigenvalue weighted by atomic mass is 10.1. The minimum atomic E-state index is 0.377. The van der Waals surface area contributed by atoms with Crippen LogP contribution in [0, 0.1) is 0 Å². The minimum absolute atomic E-state index is 0.377. The van der Waals surface area contributed by atoms with Crippen molar-refractivity contribution in [2.45, 2.75) is 38.4 Å². The Bertz CT molecular complexity index is 100. The van der Waals surface area contributed by atoms with E-state index in [2.05, 4.69) is 25.7 Å². The molecule has 1 heterocycles. The van der Waals surface area contributed by atoms with Gasteiger partial charge in [0.05, 0.1) is 0 Å². The largest absolute Gasteiger partial charge is 0.299 e. The van der Waals surface area contributed by atoms with E-state index < -0.39 is 0 Å². The van der Waals surface area contributed by atoms with E-state index in [1.165, 1.54) is 25.2 Å². The zero-order valence-corrected chi connectivity index (χ0v) is 8.90. The molecule has 0 bridgehead atoms. The van der Waals surface area contributed by atoms with Gasteiger partial charge in [-0.05, 0) is 33.9 Å². The molecule has 0 atom stereocenters. The predicted octanol–water partition coefficient (Wildman–Crippen LogP) is 1.11. The van der Waals surface area contributed by atoms with E-state index in [0.29, 0.717) is 15.1 Å². The molecule has 0 unspecified atom stereocenters. The molecule has 0 saturated carbocycles. The Kier molecular flexibility index (Phi) is 2.53. The third-order valence-corrected chi connectivity index (χ3v) is 3.94. The van der Waals surface area contributed by atoms with Crippen LogP contribution in [-0.2, 0) is 0 Å². The fourth-order valence-corrected chi connectivity index (χ4v) is 3.13. The van der Waals surface area contributed by atoms with Crippen LogP contribution in [0.4, 0.5) is 0 Å². The fraction of sp³-hybridized carbons (Fsp3) is 1.00. The maximum atomic E-state index is 2.61. The Hall–Kier alpha value is 0.177. The number of hydrogen-bond acceptors (Lipinski definition) is 1. The molecule has 0 N–H and O–H groups in total. The van der Waals surface area contributed by atoms with Gasteiger partial charge in [-0.25, -0.2) is 0 Å². The van der Waals surface area contributed by atoms with Gasteiger partial charge in [-0.3, -0.25) is 4.90 Å². The van der Waals surface area contributed by atoms with Gasteiger partial charge in [0, 0.05) is 15.1 Å². The number of hydrogen-bond donors (Lipinski definition) is 0. The Morgan fingerprint density at radius 2 is 1.60 bits per heavy atom. The average Bonchev–Trinajstić information content (AvgIpc) is 1.88. The third kappa shape index (κ3) is 2.10. The molecule has 0 spiro atoms. The van der Waals surface area contributed by atoms with E-state index in [4.69, 9.17) is 0 Å². The van der Waals surface area contributed by atoms with Crippen molar-refractivity contribution >= 4 is 9.52 Å². The van der Waals surface area contributed by atoms with Crippen LogP contribution in [0.5, 0.6) is 0 Å². The molecule has 1 aliphatic heterocycles. The lowest BCUT2D eigenvalue weighted by Gasteiger charge is -2.38. The summed E-state index contributed by atoms with van der Waals surface area (Å²) in [5.74, 6) is 0. The maximum Gasteiger partial charge on any atom is 0.0227 e. The van der Waals surface area contributed by atoms with Crippen molar-refractivity contribution in [3.63, 3.8) is 0 Å². The first-order valence-electron chi connectivity index (χ1n) is 4.36. The van der Waals surface area contributed by atoms with E-state index in [0.717, 1.165) is 0 Å². The minimum Gasteiger partial charge on any atom is -0.299 e. The molecule has 1 aliphatic rings. The molecular formula is C8H19NSi. The van der Waals surface area contributed by atoms with Crippen LogP contribution < -0.4 is 0 Å².